The Bertz CT molecular complexity index is 492. The van der Waals surface area contributed by atoms with Crippen LogP contribution in [-0.2, 0) is 11.3 Å². The van der Waals surface area contributed by atoms with Crippen LogP contribution in [0.2, 0.25) is 0 Å². The van der Waals surface area contributed by atoms with Gasteiger partial charge in [0.1, 0.15) is 4.47 Å². The van der Waals surface area contributed by atoms with Gasteiger partial charge in [0, 0.05) is 13.7 Å². The van der Waals surface area contributed by atoms with Gasteiger partial charge in [-0.05, 0) is 33.7 Å². The van der Waals surface area contributed by atoms with Gasteiger partial charge in [-0.2, -0.15) is 5.10 Å². The van der Waals surface area contributed by atoms with Gasteiger partial charge in [0.25, 0.3) is 5.56 Å². The zero-order valence-corrected chi connectivity index (χ0v) is 15.1. The van der Waals surface area contributed by atoms with Crippen molar-refractivity contribution in [3.8, 4) is 0 Å². The SMILES string of the molecule is COCCn1ncc(NCC(C(C)C)C(C)C)c(Br)c1=O. The number of aromatic nitrogens is 2. The van der Waals surface area contributed by atoms with E-state index in [-0.39, 0.29) is 5.56 Å². The van der Waals surface area contributed by atoms with Crippen molar-refractivity contribution in [2.75, 3.05) is 25.6 Å². The third-order valence-corrected chi connectivity index (χ3v) is 4.50. The molecule has 0 atom stereocenters. The van der Waals surface area contributed by atoms with Crippen molar-refractivity contribution in [2.24, 2.45) is 17.8 Å². The van der Waals surface area contributed by atoms with E-state index in [2.05, 4.69) is 54.0 Å². The minimum atomic E-state index is -0.136. The van der Waals surface area contributed by atoms with E-state index in [0.29, 0.717) is 35.4 Å². The molecular formula is C15H26BrN3O2. The number of ether oxygens (including phenoxy) is 1. The summed E-state index contributed by atoms with van der Waals surface area (Å²) >= 11 is 3.37. The van der Waals surface area contributed by atoms with Crippen LogP contribution in [0.15, 0.2) is 15.5 Å². The zero-order chi connectivity index (χ0) is 16.0. The lowest BCUT2D eigenvalue weighted by atomic mass is 9.85. The van der Waals surface area contributed by atoms with Crippen LogP contribution >= 0.6 is 15.9 Å². The van der Waals surface area contributed by atoms with Gasteiger partial charge in [-0.3, -0.25) is 4.79 Å². The third kappa shape index (κ3) is 5.11. The Kier molecular flexibility index (Phi) is 7.39. The van der Waals surface area contributed by atoms with Gasteiger partial charge in [0.05, 0.1) is 25.0 Å². The first kappa shape index (κ1) is 18.2. The topological polar surface area (TPSA) is 56.1 Å². The fraction of sp³-hybridized carbons (Fsp3) is 0.733. The second-order valence-electron chi connectivity index (χ2n) is 5.93. The average Bonchev–Trinajstić information content (AvgIpc) is 2.42. The third-order valence-electron chi connectivity index (χ3n) is 3.73. The minimum Gasteiger partial charge on any atom is -0.383 e. The molecule has 0 fully saturated rings. The summed E-state index contributed by atoms with van der Waals surface area (Å²) in [6.45, 7) is 10.6. The first-order valence-electron chi connectivity index (χ1n) is 7.36. The normalized spacial score (nSPS) is 11.7. The van der Waals surface area contributed by atoms with Gasteiger partial charge in [-0.1, -0.05) is 27.7 Å². The highest BCUT2D eigenvalue weighted by Gasteiger charge is 2.18. The van der Waals surface area contributed by atoms with E-state index in [1.807, 2.05) is 0 Å². The molecule has 0 aliphatic carbocycles. The molecule has 0 radical (unpaired) electrons. The summed E-state index contributed by atoms with van der Waals surface area (Å²) < 4.78 is 6.90. The molecule has 1 aromatic rings. The molecule has 0 bridgehead atoms. The minimum absolute atomic E-state index is 0.136. The van der Waals surface area contributed by atoms with Gasteiger partial charge >= 0.3 is 0 Å². The summed E-state index contributed by atoms with van der Waals surface area (Å²) in [6, 6.07) is 0. The van der Waals surface area contributed by atoms with Crippen molar-refractivity contribution in [2.45, 2.75) is 34.2 Å². The summed E-state index contributed by atoms with van der Waals surface area (Å²) in [5.74, 6) is 1.73. The molecule has 0 aliphatic rings. The molecule has 0 amide bonds. The Hall–Kier alpha value is -0.880. The molecule has 21 heavy (non-hydrogen) atoms. The Morgan fingerprint density at radius 3 is 2.48 bits per heavy atom. The van der Waals surface area contributed by atoms with Crippen molar-refractivity contribution in [3.63, 3.8) is 0 Å². The lowest BCUT2D eigenvalue weighted by molar-refractivity contribution is 0.181. The number of anilines is 1. The largest absolute Gasteiger partial charge is 0.383 e. The number of nitrogens with zero attached hydrogens (tertiary/aromatic N) is 2. The molecule has 0 aromatic carbocycles. The molecule has 1 aromatic heterocycles. The Balaban J connectivity index is 2.81. The fourth-order valence-electron chi connectivity index (χ4n) is 2.39. The van der Waals surface area contributed by atoms with E-state index in [1.54, 1.807) is 13.3 Å². The summed E-state index contributed by atoms with van der Waals surface area (Å²) in [5.41, 5.74) is 0.614. The molecule has 0 saturated heterocycles. The van der Waals surface area contributed by atoms with Crippen LogP contribution in [0.1, 0.15) is 27.7 Å². The molecule has 1 heterocycles. The van der Waals surface area contributed by atoms with E-state index < -0.39 is 0 Å². The van der Waals surface area contributed by atoms with Gasteiger partial charge in [-0.25, -0.2) is 4.68 Å². The number of methoxy groups -OCH3 is 1. The predicted molar refractivity (Wildman–Crippen MR) is 89.7 cm³/mol. The van der Waals surface area contributed by atoms with Crippen LogP contribution in [0.3, 0.4) is 0 Å². The maximum Gasteiger partial charge on any atom is 0.283 e. The van der Waals surface area contributed by atoms with Crippen molar-refractivity contribution in [1.29, 1.82) is 0 Å². The lowest BCUT2D eigenvalue weighted by Gasteiger charge is -2.25. The first-order valence-corrected chi connectivity index (χ1v) is 8.16. The number of rotatable bonds is 8. The monoisotopic (exact) mass is 359 g/mol. The van der Waals surface area contributed by atoms with Crippen LogP contribution in [-0.4, -0.2) is 30.0 Å². The quantitative estimate of drug-likeness (QED) is 0.774. The maximum absolute atomic E-state index is 12.2. The zero-order valence-electron chi connectivity index (χ0n) is 13.5. The van der Waals surface area contributed by atoms with E-state index in [0.717, 1.165) is 12.2 Å². The smallest absolute Gasteiger partial charge is 0.283 e. The molecule has 6 heteroatoms. The molecule has 0 unspecified atom stereocenters. The number of nitrogens with one attached hydrogen (secondary N) is 1. The number of hydrogen-bond donors (Lipinski definition) is 1. The average molecular weight is 360 g/mol. The molecule has 0 spiro atoms. The summed E-state index contributed by atoms with van der Waals surface area (Å²) in [4.78, 5) is 12.2. The second-order valence-corrected chi connectivity index (χ2v) is 6.72. The van der Waals surface area contributed by atoms with Gasteiger partial charge in [-0.15, -0.1) is 0 Å². The molecule has 1 rings (SSSR count). The van der Waals surface area contributed by atoms with Crippen molar-refractivity contribution < 1.29 is 4.74 Å². The second kappa shape index (κ2) is 8.54. The van der Waals surface area contributed by atoms with Crippen molar-refractivity contribution in [3.05, 3.63) is 21.0 Å². The molecule has 5 nitrogen and oxygen atoms in total. The number of halogens is 1. The van der Waals surface area contributed by atoms with Gasteiger partial charge in [0.2, 0.25) is 0 Å². The summed E-state index contributed by atoms with van der Waals surface area (Å²) in [5, 5.41) is 7.52. The Morgan fingerprint density at radius 1 is 1.33 bits per heavy atom. The fourth-order valence-corrected chi connectivity index (χ4v) is 2.84. The van der Waals surface area contributed by atoms with E-state index >= 15 is 0 Å². The van der Waals surface area contributed by atoms with Crippen LogP contribution in [0.25, 0.3) is 0 Å². The van der Waals surface area contributed by atoms with E-state index in [1.165, 1.54) is 4.68 Å². The van der Waals surface area contributed by atoms with Crippen LogP contribution in [0, 0.1) is 17.8 Å². The lowest BCUT2D eigenvalue weighted by Crippen LogP contribution is -2.28. The highest BCUT2D eigenvalue weighted by Crippen LogP contribution is 2.23. The molecule has 1 N–H and O–H groups in total. The number of hydrogen-bond acceptors (Lipinski definition) is 4. The highest BCUT2D eigenvalue weighted by atomic mass is 79.9. The van der Waals surface area contributed by atoms with Crippen molar-refractivity contribution >= 4 is 21.6 Å². The van der Waals surface area contributed by atoms with E-state index in [4.69, 9.17) is 4.74 Å². The Labute approximate surface area is 135 Å². The molecular weight excluding hydrogens is 334 g/mol. The summed E-state index contributed by atoms with van der Waals surface area (Å²) in [7, 11) is 1.61. The maximum atomic E-state index is 12.2. The van der Waals surface area contributed by atoms with Crippen LogP contribution in [0.5, 0.6) is 0 Å². The standard InChI is InChI=1S/C15H26BrN3O2/c1-10(2)12(11(3)4)8-17-13-9-18-19(6-7-21-5)15(20)14(13)16/h9-12,17H,6-8H2,1-5H3. The van der Waals surface area contributed by atoms with Crippen LogP contribution in [0.4, 0.5) is 5.69 Å². The molecule has 0 saturated carbocycles. The molecule has 0 aliphatic heterocycles. The summed E-state index contributed by atoms with van der Waals surface area (Å²) in [6.07, 6.45) is 1.69. The first-order chi connectivity index (χ1) is 9.88. The van der Waals surface area contributed by atoms with Gasteiger partial charge < -0.3 is 10.1 Å². The van der Waals surface area contributed by atoms with Crippen molar-refractivity contribution in [1.82, 2.24) is 9.78 Å². The van der Waals surface area contributed by atoms with Crippen LogP contribution < -0.4 is 10.9 Å². The van der Waals surface area contributed by atoms with Gasteiger partial charge in [0.15, 0.2) is 0 Å². The highest BCUT2D eigenvalue weighted by molar-refractivity contribution is 9.10. The Morgan fingerprint density at radius 2 is 1.95 bits per heavy atom. The predicted octanol–water partition coefficient (Wildman–Crippen LogP) is 2.99. The van der Waals surface area contributed by atoms with E-state index in [9.17, 15) is 4.79 Å². The molecule has 120 valence electrons.